The van der Waals surface area contributed by atoms with E-state index in [0.29, 0.717) is 29.6 Å². The van der Waals surface area contributed by atoms with Crippen LogP contribution in [0.25, 0.3) is 22.2 Å². The minimum atomic E-state index is -0.512. The molecular weight excluding hydrogens is 296 g/mol. The highest BCUT2D eigenvalue weighted by molar-refractivity contribution is 6.08. The van der Waals surface area contributed by atoms with E-state index >= 15 is 0 Å². The van der Waals surface area contributed by atoms with Gasteiger partial charge >= 0.3 is 5.97 Å². The topological polar surface area (TPSA) is 103 Å². The van der Waals surface area contributed by atoms with Crippen LogP contribution in [0.4, 0.5) is 5.82 Å². The number of ether oxygens (including phenoxy) is 1. The molecule has 7 nitrogen and oxygen atoms in total. The molecule has 23 heavy (non-hydrogen) atoms. The molecule has 0 unspecified atom stereocenters. The number of benzene rings is 1. The van der Waals surface area contributed by atoms with Gasteiger partial charge in [0, 0.05) is 13.2 Å². The molecule has 120 valence electrons. The van der Waals surface area contributed by atoms with Crippen LogP contribution in [-0.4, -0.2) is 38.8 Å². The molecule has 0 atom stereocenters. The summed E-state index contributed by atoms with van der Waals surface area (Å²) in [7, 11) is 0. The highest BCUT2D eigenvalue weighted by atomic mass is 16.5. The van der Waals surface area contributed by atoms with Gasteiger partial charge in [0.1, 0.15) is 16.9 Å². The molecule has 0 aliphatic rings. The van der Waals surface area contributed by atoms with Crippen molar-refractivity contribution in [1.29, 1.82) is 0 Å². The van der Waals surface area contributed by atoms with Crippen molar-refractivity contribution in [2.75, 3.05) is 18.9 Å². The summed E-state index contributed by atoms with van der Waals surface area (Å²) < 4.78 is 6.80. The molecule has 3 aromatic rings. The lowest BCUT2D eigenvalue weighted by molar-refractivity contribution is 0.0529. The average Bonchev–Trinajstić information content (AvgIpc) is 2.82. The molecule has 0 radical (unpaired) electrons. The lowest BCUT2D eigenvalue weighted by Gasteiger charge is -2.06. The van der Waals surface area contributed by atoms with Gasteiger partial charge < -0.3 is 20.1 Å². The molecule has 7 heteroatoms. The van der Waals surface area contributed by atoms with Gasteiger partial charge in [-0.05, 0) is 25.5 Å². The third-order valence-electron chi connectivity index (χ3n) is 3.61. The minimum absolute atomic E-state index is 0.0227. The van der Waals surface area contributed by atoms with Crippen LogP contribution in [0.2, 0.25) is 0 Å². The largest absolute Gasteiger partial charge is 0.462 e. The van der Waals surface area contributed by atoms with Gasteiger partial charge in [0.2, 0.25) is 0 Å². The Balaban J connectivity index is 2.29. The minimum Gasteiger partial charge on any atom is -0.462 e. The number of nitrogens with two attached hydrogens (primary N) is 1. The van der Waals surface area contributed by atoms with Crippen LogP contribution in [0.5, 0.6) is 0 Å². The van der Waals surface area contributed by atoms with E-state index in [2.05, 4.69) is 9.97 Å². The number of hydrogen-bond donors (Lipinski definition) is 2. The Hall–Kier alpha value is -2.67. The van der Waals surface area contributed by atoms with E-state index in [1.165, 1.54) is 0 Å². The van der Waals surface area contributed by atoms with Crippen molar-refractivity contribution in [2.45, 2.75) is 19.9 Å². The second-order valence-corrected chi connectivity index (χ2v) is 5.09. The number of aryl methyl sites for hydroxylation is 1. The van der Waals surface area contributed by atoms with Crippen molar-refractivity contribution in [1.82, 2.24) is 14.5 Å². The summed E-state index contributed by atoms with van der Waals surface area (Å²) in [4.78, 5) is 21.4. The van der Waals surface area contributed by atoms with Crippen molar-refractivity contribution >= 4 is 34.0 Å². The number of nitrogens with zero attached hydrogens (tertiary/aromatic N) is 3. The Morgan fingerprint density at radius 3 is 2.65 bits per heavy atom. The molecule has 0 aliphatic heterocycles. The van der Waals surface area contributed by atoms with Gasteiger partial charge in [0.15, 0.2) is 5.65 Å². The zero-order chi connectivity index (χ0) is 16.4. The first-order chi connectivity index (χ1) is 11.2. The summed E-state index contributed by atoms with van der Waals surface area (Å²) in [6, 6.07) is 7.42. The fourth-order valence-corrected chi connectivity index (χ4v) is 2.58. The maximum atomic E-state index is 12.3. The van der Waals surface area contributed by atoms with Gasteiger partial charge in [-0.1, -0.05) is 12.1 Å². The number of esters is 1. The van der Waals surface area contributed by atoms with E-state index in [9.17, 15) is 4.79 Å². The average molecular weight is 314 g/mol. The number of nitrogen functional groups attached to an aromatic ring is 1. The summed E-state index contributed by atoms with van der Waals surface area (Å²) in [6.45, 7) is 2.46. The lowest BCUT2D eigenvalue weighted by Crippen LogP contribution is -2.10. The van der Waals surface area contributed by atoms with E-state index < -0.39 is 5.97 Å². The van der Waals surface area contributed by atoms with Crippen LogP contribution in [0.3, 0.4) is 0 Å². The highest BCUT2D eigenvalue weighted by Gasteiger charge is 2.24. The predicted molar refractivity (Wildman–Crippen MR) is 87.1 cm³/mol. The SMILES string of the molecule is CCOC(=O)c1c(N)n(CCCO)c2nc3ccccc3nc12. The number of rotatable bonds is 5. The lowest BCUT2D eigenvalue weighted by atomic mass is 10.2. The zero-order valence-electron chi connectivity index (χ0n) is 12.8. The van der Waals surface area contributed by atoms with Crippen LogP contribution in [-0.2, 0) is 11.3 Å². The number of para-hydroxylation sites is 2. The van der Waals surface area contributed by atoms with Crippen molar-refractivity contribution in [2.24, 2.45) is 0 Å². The molecule has 0 spiro atoms. The Labute approximate surface area is 132 Å². The molecule has 1 aromatic carbocycles. The standard InChI is InChI=1S/C16H18N4O3/c1-2-23-16(22)12-13-15(20(14(12)17)8-5-9-21)19-11-7-4-3-6-10(11)18-13/h3-4,6-7,21H,2,5,8-9,17H2,1H3. The fraction of sp³-hybridized carbons (Fsp3) is 0.312. The first kappa shape index (κ1) is 15.2. The van der Waals surface area contributed by atoms with Crippen molar-refractivity contribution < 1.29 is 14.6 Å². The number of carbonyl (C=O) groups is 1. The monoisotopic (exact) mass is 314 g/mol. The third kappa shape index (κ3) is 2.59. The van der Waals surface area contributed by atoms with E-state index in [1.807, 2.05) is 24.3 Å². The second-order valence-electron chi connectivity index (χ2n) is 5.09. The Morgan fingerprint density at radius 2 is 2.00 bits per heavy atom. The van der Waals surface area contributed by atoms with Crippen molar-refractivity contribution in [3.63, 3.8) is 0 Å². The van der Waals surface area contributed by atoms with E-state index in [0.717, 1.165) is 5.52 Å². The van der Waals surface area contributed by atoms with Crippen LogP contribution in [0, 0.1) is 0 Å². The third-order valence-corrected chi connectivity index (χ3v) is 3.61. The van der Waals surface area contributed by atoms with Crippen molar-refractivity contribution in [3.8, 4) is 0 Å². The molecule has 3 N–H and O–H groups in total. The van der Waals surface area contributed by atoms with Crippen LogP contribution < -0.4 is 5.73 Å². The molecule has 0 saturated carbocycles. The number of aliphatic hydroxyl groups is 1. The molecule has 0 fully saturated rings. The summed E-state index contributed by atoms with van der Waals surface area (Å²) in [6.07, 6.45) is 0.505. The van der Waals surface area contributed by atoms with Crippen LogP contribution in [0.1, 0.15) is 23.7 Å². The molecule has 0 aliphatic carbocycles. The van der Waals surface area contributed by atoms with Gasteiger partial charge in [0.05, 0.1) is 17.6 Å². The Morgan fingerprint density at radius 1 is 1.30 bits per heavy atom. The first-order valence-corrected chi connectivity index (χ1v) is 7.49. The van der Waals surface area contributed by atoms with Crippen LogP contribution >= 0.6 is 0 Å². The molecule has 3 rings (SSSR count). The predicted octanol–water partition coefficient (Wildman–Crippen LogP) is 1.73. The highest BCUT2D eigenvalue weighted by Crippen LogP contribution is 2.28. The molecule has 0 saturated heterocycles. The maximum Gasteiger partial charge on any atom is 0.344 e. The smallest absolute Gasteiger partial charge is 0.344 e. The van der Waals surface area contributed by atoms with E-state index in [4.69, 9.17) is 15.6 Å². The number of hydrogen-bond acceptors (Lipinski definition) is 6. The van der Waals surface area contributed by atoms with Crippen LogP contribution in [0.15, 0.2) is 24.3 Å². The fourth-order valence-electron chi connectivity index (χ4n) is 2.58. The molecule has 0 bridgehead atoms. The number of fused-ring (bicyclic) bond motifs is 2. The van der Waals surface area contributed by atoms with Crippen molar-refractivity contribution in [3.05, 3.63) is 29.8 Å². The normalized spacial score (nSPS) is 11.2. The molecule has 0 amide bonds. The zero-order valence-corrected chi connectivity index (χ0v) is 12.8. The van der Waals surface area contributed by atoms with Gasteiger partial charge in [0.25, 0.3) is 0 Å². The van der Waals surface area contributed by atoms with Gasteiger partial charge in [-0.25, -0.2) is 14.8 Å². The first-order valence-electron chi connectivity index (χ1n) is 7.49. The summed E-state index contributed by atoms with van der Waals surface area (Å²) in [5.74, 6) is -0.246. The number of carbonyl (C=O) groups excluding carboxylic acids is 1. The Bertz CT molecular complexity index is 873. The maximum absolute atomic E-state index is 12.3. The summed E-state index contributed by atoms with van der Waals surface area (Å²) in [5, 5.41) is 9.08. The number of anilines is 1. The Kier molecular flexibility index (Phi) is 4.12. The quantitative estimate of drug-likeness (QED) is 0.695. The summed E-state index contributed by atoms with van der Waals surface area (Å²) >= 11 is 0. The number of aromatic nitrogens is 3. The van der Waals surface area contributed by atoms with Gasteiger partial charge in [-0.15, -0.1) is 0 Å². The molecule has 2 heterocycles. The van der Waals surface area contributed by atoms with E-state index in [-0.39, 0.29) is 24.6 Å². The summed E-state index contributed by atoms with van der Waals surface area (Å²) in [5.41, 5.74) is 8.75. The second kappa shape index (κ2) is 6.21. The number of aliphatic hydroxyl groups excluding tert-OH is 1. The van der Waals surface area contributed by atoms with Gasteiger partial charge in [-0.2, -0.15) is 0 Å². The molecule has 2 aromatic heterocycles. The van der Waals surface area contributed by atoms with E-state index in [1.54, 1.807) is 11.5 Å². The molecular formula is C16H18N4O3. The van der Waals surface area contributed by atoms with Gasteiger partial charge in [-0.3, -0.25) is 0 Å².